The summed E-state index contributed by atoms with van der Waals surface area (Å²) < 4.78 is 0. The van der Waals surface area contributed by atoms with Gasteiger partial charge in [0.2, 0.25) is 0 Å². The van der Waals surface area contributed by atoms with Crippen molar-refractivity contribution in [1.29, 1.82) is 0 Å². The first-order valence-electron chi connectivity index (χ1n) is 8.79. The lowest BCUT2D eigenvalue weighted by Gasteiger charge is -2.26. The Morgan fingerprint density at radius 1 is 1.24 bits per heavy atom. The first kappa shape index (κ1) is 15.3. The molecule has 0 bridgehead atoms. The second-order valence-corrected chi connectivity index (χ2v) is 7.61. The summed E-state index contributed by atoms with van der Waals surface area (Å²) in [5.74, 6) is 0. The fraction of sp³-hybridized carbons (Fsp3) is 0.824. The van der Waals surface area contributed by atoms with Gasteiger partial charge in [0.05, 0.1) is 5.69 Å². The number of hydrogen-bond donors (Lipinski definition) is 1. The van der Waals surface area contributed by atoms with Gasteiger partial charge in [-0.1, -0.05) is 31.1 Å². The molecule has 0 radical (unpaired) electrons. The molecule has 2 atom stereocenters. The molecule has 2 aliphatic rings. The van der Waals surface area contributed by atoms with E-state index in [1.54, 1.807) is 0 Å². The molecule has 1 N–H and O–H groups in total. The Morgan fingerprint density at radius 3 is 3.00 bits per heavy atom. The van der Waals surface area contributed by atoms with E-state index in [9.17, 15) is 0 Å². The minimum atomic E-state index is 0.558. The standard InChI is InChI=1S/C17H29N3S/c1-3-11-18-14-9-7-10-15-16(14)21-17(19-15)20-12-6-4-5-8-13(20)2/h13-14,18H,3-12H2,1-2H3. The Balaban J connectivity index is 1.80. The van der Waals surface area contributed by atoms with E-state index < -0.39 is 0 Å². The predicted octanol–water partition coefficient (Wildman–Crippen LogP) is 4.29. The van der Waals surface area contributed by atoms with Gasteiger partial charge in [-0.2, -0.15) is 0 Å². The fourth-order valence-electron chi connectivity index (χ4n) is 3.60. The zero-order valence-electron chi connectivity index (χ0n) is 13.5. The lowest BCUT2D eigenvalue weighted by Crippen LogP contribution is -2.32. The highest BCUT2D eigenvalue weighted by Crippen LogP contribution is 2.38. The van der Waals surface area contributed by atoms with Gasteiger partial charge in [0.25, 0.3) is 0 Å². The molecule has 21 heavy (non-hydrogen) atoms. The lowest BCUT2D eigenvalue weighted by atomic mass is 9.98. The number of rotatable bonds is 4. The number of hydrogen-bond acceptors (Lipinski definition) is 4. The molecule has 118 valence electrons. The van der Waals surface area contributed by atoms with Crippen molar-refractivity contribution >= 4 is 16.5 Å². The van der Waals surface area contributed by atoms with E-state index in [-0.39, 0.29) is 0 Å². The van der Waals surface area contributed by atoms with Crippen LogP contribution in [0.1, 0.15) is 75.4 Å². The van der Waals surface area contributed by atoms with Crippen LogP contribution in [-0.4, -0.2) is 24.1 Å². The second kappa shape index (κ2) is 7.10. The van der Waals surface area contributed by atoms with Crippen LogP contribution in [0, 0.1) is 0 Å². The first-order valence-corrected chi connectivity index (χ1v) is 9.61. The summed E-state index contributed by atoms with van der Waals surface area (Å²) >= 11 is 1.97. The molecule has 0 saturated carbocycles. The van der Waals surface area contributed by atoms with Gasteiger partial charge in [-0.25, -0.2) is 4.98 Å². The highest BCUT2D eigenvalue weighted by Gasteiger charge is 2.27. The zero-order chi connectivity index (χ0) is 14.7. The van der Waals surface area contributed by atoms with Crippen LogP contribution < -0.4 is 10.2 Å². The maximum absolute atomic E-state index is 5.03. The summed E-state index contributed by atoms with van der Waals surface area (Å²) in [7, 11) is 0. The minimum absolute atomic E-state index is 0.558. The second-order valence-electron chi connectivity index (χ2n) is 6.60. The molecule has 1 aliphatic carbocycles. The molecule has 0 spiro atoms. The number of fused-ring (bicyclic) bond motifs is 1. The number of nitrogens with zero attached hydrogens (tertiary/aromatic N) is 2. The number of anilines is 1. The van der Waals surface area contributed by atoms with E-state index in [2.05, 4.69) is 24.1 Å². The Labute approximate surface area is 133 Å². The predicted molar refractivity (Wildman–Crippen MR) is 91.4 cm³/mol. The highest BCUT2D eigenvalue weighted by atomic mass is 32.1. The van der Waals surface area contributed by atoms with Gasteiger partial charge in [0, 0.05) is 23.5 Å². The van der Waals surface area contributed by atoms with Crippen molar-refractivity contribution in [3.05, 3.63) is 10.6 Å². The van der Waals surface area contributed by atoms with Crippen LogP contribution in [0.3, 0.4) is 0 Å². The monoisotopic (exact) mass is 307 g/mol. The quantitative estimate of drug-likeness (QED) is 0.899. The zero-order valence-corrected chi connectivity index (χ0v) is 14.3. The molecule has 1 aromatic heterocycles. The molecule has 2 unspecified atom stereocenters. The van der Waals surface area contributed by atoms with Crippen molar-refractivity contribution in [2.75, 3.05) is 18.0 Å². The van der Waals surface area contributed by atoms with Gasteiger partial charge in [0.1, 0.15) is 0 Å². The summed E-state index contributed by atoms with van der Waals surface area (Å²) in [5, 5.41) is 5.01. The van der Waals surface area contributed by atoms with Crippen LogP contribution in [0.4, 0.5) is 5.13 Å². The first-order chi connectivity index (χ1) is 10.3. The van der Waals surface area contributed by atoms with Gasteiger partial charge < -0.3 is 10.2 Å². The van der Waals surface area contributed by atoms with Gasteiger partial charge in [-0.15, -0.1) is 0 Å². The Kier molecular flexibility index (Phi) is 5.17. The number of aryl methyl sites for hydroxylation is 1. The smallest absolute Gasteiger partial charge is 0.186 e. The molecule has 1 saturated heterocycles. The molecular formula is C17H29N3S. The maximum Gasteiger partial charge on any atom is 0.186 e. The van der Waals surface area contributed by atoms with Gasteiger partial charge in [-0.3, -0.25) is 0 Å². The molecule has 3 rings (SSSR count). The van der Waals surface area contributed by atoms with Crippen LogP contribution >= 0.6 is 11.3 Å². The third-order valence-corrected chi connectivity index (χ3v) is 6.13. The summed E-state index contributed by atoms with van der Waals surface area (Å²) in [6.45, 7) is 6.93. The van der Waals surface area contributed by atoms with Crippen LogP contribution in [0.15, 0.2) is 0 Å². The average Bonchev–Trinajstić information content (AvgIpc) is 2.81. The summed E-state index contributed by atoms with van der Waals surface area (Å²) in [4.78, 5) is 9.13. The maximum atomic E-state index is 5.03. The fourth-order valence-corrected chi connectivity index (χ4v) is 4.95. The molecule has 1 aliphatic heterocycles. The van der Waals surface area contributed by atoms with Crippen molar-refractivity contribution in [2.45, 2.75) is 77.3 Å². The highest BCUT2D eigenvalue weighted by molar-refractivity contribution is 7.15. The molecule has 2 heterocycles. The normalized spacial score (nSPS) is 26.5. The van der Waals surface area contributed by atoms with Crippen molar-refractivity contribution in [2.24, 2.45) is 0 Å². The lowest BCUT2D eigenvalue weighted by molar-refractivity contribution is 0.464. The largest absolute Gasteiger partial charge is 0.345 e. The SMILES string of the molecule is CCCNC1CCCc2nc(N3CCCCCC3C)sc21. The molecular weight excluding hydrogens is 278 g/mol. The average molecular weight is 308 g/mol. The molecule has 3 nitrogen and oxygen atoms in total. The topological polar surface area (TPSA) is 28.2 Å². The Morgan fingerprint density at radius 2 is 2.14 bits per heavy atom. The van der Waals surface area contributed by atoms with Crippen LogP contribution in [-0.2, 0) is 6.42 Å². The number of thiazole rings is 1. The third-order valence-electron chi connectivity index (χ3n) is 4.88. The van der Waals surface area contributed by atoms with Crippen molar-refractivity contribution in [1.82, 2.24) is 10.3 Å². The van der Waals surface area contributed by atoms with Crippen LogP contribution in [0.25, 0.3) is 0 Å². The van der Waals surface area contributed by atoms with Crippen LogP contribution in [0.2, 0.25) is 0 Å². The van der Waals surface area contributed by atoms with Gasteiger partial charge in [0.15, 0.2) is 5.13 Å². The van der Waals surface area contributed by atoms with E-state index in [0.717, 1.165) is 6.54 Å². The minimum Gasteiger partial charge on any atom is -0.345 e. The van der Waals surface area contributed by atoms with E-state index in [4.69, 9.17) is 4.98 Å². The van der Waals surface area contributed by atoms with E-state index in [1.807, 2.05) is 11.3 Å². The molecule has 0 amide bonds. The summed E-state index contributed by atoms with van der Waals surface area (Å²) in [5.41, 5.74) is 1.38. The van der Waals surface area contributed by atoms with Crippen molar-refractivity contribution in [3.8, 4) is 0 Å². The Hall–Kier alpha value is -0.610. The Bertz CT molecular complexity index is 457. The molecule has 0 aromatic carbocycles. The van der Waals surface area contributed by atoms with E-state index in [1.165, 1.54) is 73.6 Å². The van der Waals surface area contributed by atoms with Crippen molar-refractivity contribution < 1.29 is 0 Å². The van der Waals surface area contributed by atoms with E-state index >= 15 is 0 Å². The molecule has 1 aromatic rings. The van der Waals surface area contributed by atoms with Gasteiger partial charge >= 0.3 is 0 Å². The molecule has 4 heteroatoms. The molecule has 1 fully saturated rings. The third kappa shape index (κ3) is 3.42. The number of nitrogens with one attached hydrogen (secondary N) is 1. The van der Waals surface area contributed by atoms with Crippen LogP contribution in [0.5, 0.6) is 0 Å². The van der Waals surface area contributed by atoms with E-state index in [0.29, 0.717) is 12.1 Å². The summed E-state index contributed by atoms with van der Waals surface area (Å²) in [6, 6.07) is 1.21. The number of aromatic nitrogens is 1. The summed E-state index contributed by atoms with van der Waals surface area (Å²) in [6.07, 6.45) is 10.4. The van der Waals surface area contributed by atoms with Gasteiger partial charge in [-0.05, 0) is 52.0 Å². The van der Waals surface area contributed by atoms with Crippen molar-refractivity contribution in [3.63, 3.8) is 0 Å².